The summed E-state index contributed by atoms with van der Waals surface area (Å²) in [4.78, 5) is 3.84. The fraction of sp³-hybridized carbons (Fsp3) is 0.182. The van der Waals surface area contributed by atoms with Gasteiger partial charge in [-0.15, -0.1) is 11.3 Å². The van der Waals surface area contributed by atoms with E-state index in [0.717, 1.165) is 0 Å². The number of aromatic nitrogens is 1. The van der Waals surface area contributed by atoms with E-state index in [1.54, 1.807) is 5.38 Å². The minimum Gasteiger partial charge on any atom is -0.323 e. The van der Waals surface area contributed by atoms with E-state index in [0.29, 0.717) is 5.01 Å². The molecule has 0 spiro atoms. The zero-order valence-corrected chi connectivity index (χ0v) is 10.1. The highest BCUT2D eigenvalue weighted by molar-refractivity contribution is 7.09. The summed E-state index contributed by atoms with van der Waals surface area (Å²) in [5, 5.41) is 2.05. The van der Waals surface area contributed by atoms with Crippen molar-refractivity contribution < 1.29 is 22.0 Å². The molecule has 0 radical (unpaired) electrons. The Bertz CT molecular complexity index is 571. The molecule has 0 saturated carbocycles. The number of benzene rings is 1. The van der Waals surface area contributed by atoms with Gasteiger partial charge in [-0.05, 0) is 0 Å². The monoisotopic (exact) mass is 294 g/mol. The third-order valence-corrected chi connectivity index (χ3v) is 3.29. The molecule has 2 nitrogen and oxygen atoms in total. The molecule has 0 amide bonds. The van der Waals surface area contributed by atoms with Gasteiger partial charge in [-0.1, -0.05) is 0 Å². The molecule has 2 rings (SSSR count). The third-order valence-electron chi connectivity index (χ3n) is 2.49. The molecule has 1 unspecified atom stereocenters. The Balaban J connectivity index is 2.44. The molecule has 1 aromatic carbocycles. The summed E-state index contributed by atoms with van der Waals surface area (Å²) in [6.45, 7) is 0. The van der Waals surface area contributed by atoms with Crippen LogP contribution in [0.1, 0.15) is 16.6 Å². The number of hydrogen-bond donors (Lipinski definition) is 1. The van der Waals surface area contributed by atoms with Crippen molar-refractivity contribution in [1.29, 1.82) is 0 Å². The maximum atomic E-state index is 13.5. The molecule has 0 fully saturated rings. The number of rotatable bonds is 3. The van der Waals surface area contributed by atoms with Crippen LogP contribution in [0.2, 0.25) is 0 Å². The first-order valence-corrected chi connectivity index (χ1v) is 5.96. The van der Waals surface area contributed by atoms with Gasteiger partial charge in [-0.25, -0.2) is 26.9 Å². The van der Waals surface area contributed by atoms with Gasteiger partial charge < -0.3 is 5.73 Å². The highest BCUT2D eigenvalue weighted by Crippen LogP contribution is 2.28. The Morgan fingerprint density at radius 3 is 2.00 bits per heavy atom. The lowest BCUT2D eigenvalue weighted by Gasteiger charge is -2.14. The molecule has 1 aromatic heterocycles. The van der Waals surface area contributed by atoms with Crippen LogP contribution in [0.15, 0.2) is 11.6 Å². The van der Waals surface area contributed by atoms with Gasteiger partial charge in [0.2, 0.25) is 5.82 Å². The normalized spacial score (nSPS) is 12.7. The van der Waals surface area contributed by atoms with E-state index in [9.17, 15) is 22.0 Å². The van der Waals surface area contributed by atoms with Crippen LogP contribution in [0.4, 0.5) is 22.0 Å². The molecular weight excluding hydrogens is 287 g/mol. The van der Waals surface area contributed by atoms with Gasteiger partial charge >= 0.3 is 0 Å². The average Bonchev–Trinajstić information content (AvgIpc) is 2.87. The summed E-state index contributed by atoms with van der Waals surface area (Å²) in [6, 6.07) is -1.37. The van der Waals surface area contributed by atoms with Crippen molar-refractivity contribution in [2.24, 2.45) is 5.73 Å². The Kier molecular flexibility index (Phi) is 3.81. The smallest absolute Gasteiger partial charge is 0.200 e. The Morgan fingerprint density at radius 2 is 1.53 bits per heavy atom. The maximum Gasteiger partial charge on any atom is 0.200 e. The lowest BCUT2D eigenvalue weighted by atomic mass is 10.0. The molecule has 1 heterocycles. The van der Waals surface area contributed by atoms with Crippen molar-refractivity contribution in [3.8, 4) is 0 Å². The molecule has 1 atom stereocenters. The quantitative estimate of drug-likeness (QED) is 0.537. The van der Waals surface area contributed by atoms with Crippen LogP contribution in [-0.2, 0) is 6.42 Å². The summed E-state index contributed by atoms with van der Waals surface area (Å²) in [6.07, 6.45) is 1.33. The summed E-state index contributed by atoms with van der Waals surface area (Å²) >= 11 is 1.17. The molecule has 0 aliphatic rings. The van der Waals surface area contributed by atoms with Gasteiger partial charge in [-0.2, -0.15) is 0 Å². The number of thiazole rings is 1. The van der Waals surface area contributed by atoms with E-state index in [1.807, 2.05) is 0 Å². The number of nitrogens with zero attached hydrogens (tertiary/aromatic N) is 1. The zero-order chi connectivity index (χ0) is 14.2. The van der Waals surface area contributed by atoms with E-state index < -0.39 is 40.7 Å². The lowest BCUT2D eigenvalue weighted by Crippen LogP contribution is -2.20. The van der Waals surface area contributed by atoms with E-state index in [-0.39, 0.29) is 6.42 Å². The minimum absolute atomic E-state index is 0.115. The van der Waals surface area contributed by atoms with E-state index in [4.69, 9.17) is 5.73 Å². The van der Waals surface area contributed by atoms with Crippen LogP contribution in [0, 0.1) is 29.1 Å². The summed E-state index contributed by atoms with van der Waals surface area (Å²) < 4.78 is 65.8. The SMILES string of the molecule is NC(Cc1nccs1)c1c(F)c(F)c(F)c(F)c1F. The first kappa shape index (κ1) is 13.9. The number of hydrogen-bond acceptors (Lipinski definition) is 3. The zero-order valence-electron chi connectivity index (χ0n) is 9.26. The van der Waals surface area contributed by atoms with Crippen molar-refractivity contribution >= 4 is 11.3 Å². The Morgan fingerprint density at radius 1 is 1.00 bits per heavy atom. The number of halogens is 5. The molecule has 19 heavy (non-hydrogen) atoms. The molecule has 8 heteroatoms. The predicted molar refractivity (Wildman–Crippen MR) is 59.0 cm³/mol. The fourth-order valence-corrected chi connectivity index (χ4v) is 2.27. The van der Waals surface area contributed by atoms with Gasteiger partial charge in [0.1, 0.15) is 0 Å². The third kappa shape index (κ3) is 2.45. The van der Waals surface area contributed by atoms with Gasteiger partial charge in [0, 0.05) is 29.6 Å². The first-order chi connectivity index (χ1) is 8.93. The van der Waals surface area contributed by atoms with Crippen molar-refractivity contribution in [1.82, 2.24) is 4.98 Å². The average molecular weight is 294 g/mol. The van der Waals surface area contributed by atoms with Crippen LogP contribution in [0.25, 0.3) is 0 Å². The second-order valence-electron chi connectivity index (χ2n) is 3.72. The summed E-state index contributed by atoms with van der Waals surface area (Å²) in [5.74, 6) is -9.99. The van der Waals surface area contributed by atoms with Gasteiger partial charge in [0.05, 0.1) is 5.01 Å². The second kappa shape index (κ2) is 5.22. The highest BCUT2D eigenvalue weighted by Gasteiger charge is 2.29. The van der Waals surface area contributed by atoms with E-state index in [1.165, 1.54) is 17.5 Å². The molecule has 2 aromatic rings. The molecule has 2 N–H and O–H groups in total. The van der Waals surface area contributed by atoms with Crippen molar-refractivity contribution in [2.45, 2.75) is 12.5 Å². The van der Waals surface area contributed by atoms with E-state index in [2.05, 4.69) is 4.98 Å². The van der Waals surface area contributed by atoms with Crippen LogP contribution >= 0.6 is 11.3 Å². The highest BCUT2D eigenvalue weighted by atomic mass is 32.1. The van der Waals surface area contributed by atoms with Crippen molar-refractivity contribution in [3.05, 3.63) is 51.2 Å². The molecule has 0 aliphatic heterocycles. The van der Waals surface area contributed by atoms with Gasteiger partial charge in [0.15, 0.2) is 23.3 Å². The topological polar surface area (TPSA) is 38.9 Å². The lowest BCUT2D eigenvalue weighted by molar-refractivity contribution is 0.363. The largest absolute Gasteiger partial charge is 0.323 e. The summed E-state index contributed by atoms with van der Waals surface area (Å²) in [7, 11) is 0. The molecular formula is C11H7F5N2S. The Labute approximate surface area is 108 Å². The maximum absolute atomic E-state index is 13.5. The molecule has 0 saturated heterocycles. The fourth-order valence-electron chi connectivity index (χ4n) is 1.59. The Hall–Kier alpha value is -1.54. The molecule has 0 aliphatic carbocycles. The van der Waals surface area contributed by atoms with Gasteiger partial charge in [-0.3, -0.25) is 0 Å². The van der Waals surface area contributed by atoms with Crippen LogP contribution in [0.3, 0.4) is 0 Å². The first-order valence-electron chi connectivity index (χ1n) is 5.08. The molecule has 102 valence electrons. The second-order valence-corrected chi connectivity index (χ2v) is 4.70. The summed E-state index contributed by atoms with van der Waals surface area (Å²) in [5.41, 5.74) is 4.48. The standard InChI is InChI=1S/C11H7F5N2S/c12-7-6(4(17)3-5-18-1-2-19-5)8(13)10(15)11(16)9(7)14/h1-2,4H,3,17H2. The van der Waals surface area contributed by atoms with Crippen molar-refractivity contribution in [2.75, 3.05) is 0 Å². The van der Waals surface area contributed by atoms with Crippen LogP contribution in [-0.4, -0.2) is 4.98 Å². The molecule has 0 bridgehead atoms. The van der Waals surface area contributed by atoms with Crippen LogP contribution < -0.4 is 5.73 Å². The minimum atomic E-state index is -2.19. The predicted octanol–water partition coefficient (Wildman–Crippen LogP) is 3.08. The van der Waals surface area contributed by atoms with Gasteiger partial charge in [0.25, 0.3) is 0 Å². The van der Waals surface area contributed by atoms with Crippen molar-refractivity contribution in [3.63, 3.8) is 0 Å². The van der Waals surface area contributed by atoms with Crippen LogP contribution in [0.5, 0.6) is 0 Å². The number of nitrogens with two attached hydrogens (primary N) is 1. The van der Waals surface area contributed by atoms with E-state index >= 15 is 0 Å².